The Labute approximate surface area is 231 Å². The Bertz CT molecular complexity index is 1520. The molecule has 3 aromatic rings. The van der Waals surface area contributed by atoms with Crippen LogP contribution >= 0.6 is 11.3 Å². The Morgan fingerprint density at radius 2 is 1.85 bits per heavy atom. The van der Waals surface area contributed by atoms with Gasteiger partial charge in [-0.15, -0.1) is 11.3 Å². The molecule has 2 aromatic carbocycles. The maximum atomic E-state index is 14.8. The monoisotopic (exact) mass is 569 g/mol. The minimum Gasteiger partial charge on any atom is -0.384 e. The summed E-state index contributed by atoms with van der Waals surface area (Å²) < 4.78 is 43.9. The second-order valence-electron chi connectivity index (χ2n) is 9.84. The molecule has 3 atom stereocenters. The van der Waals surface area contributed by atoms with Gasteiger partial charge in [0.2, 0.25) is 11.8 Å². The fourth-order valence-corrected chi connectivity index (χ4v) is 6.01. The van der Waals surface area contributed by atoms with Crippen LogP contribution in [0.5, 0.6) is 0 Å². The molecule has 2 heterocycles. The van der Waals surface area contributed by atoms with Gasteiger partial charge in [-0.2, -0.15) is 8.78 Å². The van der Waals surface area contributed by atoms with Gasteiger partial charge < -0.3 is 21.3 Å². The zero-order valence-corrected chi connectivity index (χ0v) is 22.2. The van der Waals surface area contributed by atoms with E-state index >= 15 is 0 Å². The molecular formula is C28H26F3N5O3S. The summed E-state index contributed by atoms with van der Waals surface area (Å²) in [6.45, 7) is 0.938. The van der Waals surface area contributed by atoms with E-state index in [4.69, 9.17) is 11.1 Å². The van der Waals surface area contributed by atoms with Gasteiger partial charge in [0.1, 0.15) is 18.0 Å². The minimum absolute atomic E-state index is 0.0906. The van der Waals surface area contributed by atoms with Crippen molar-refractivity contribution in [3.8, 4) is 11.1 Å². The van der Waals surface area contributed by atoms with Crippen LogP contribution in [0.4, 0.5) is 13.2 Å². The second kappa shape index (κ2) is 10.4. The van der Waals surface area contributed by atoms with Crippen LogP contribution in [0.1, 0.15) is 51.3 Å². The molecule has 1 fully saturated rings. The van der Waals surface area contributed by atoms with Gasteiger partial charge in [-0.25, -0.2) is 4.39 Å². The predicted octanol–water partition coefficient (Wildman–Crippen LogP) is 3.70. The summed E-state index contributed by atoms with van der Waals surface area (Å²) >= 11 is 1.31. The highest BCUT2D eigenvalue weighted by Crippen LogP contribution is 2.50. The van der Waals surface area contributed by atoms with Gasteiger partial charge in [0.05, 0.1) is 19.1 Å². The number of benzene rings is 2. The number of carbonyl (C=O) groups excluding carboxylic acids is 3. The number of amidine groups is 1. The molecule has 2 aliphatic rings. The summed E-state index contributed by atoms with van der Waals surface area (Å²) in [5.41, 5.74) is 6.35. The lowest BCUT2D eigenvalue weighted by Crippen LogP contribution is -2.49. The molecular weight excluding hydrogens is 543 g/mol. The third-order valence-corrected chi connectivity index (χ3v) is 8.28. The van der Waals surface area contributed by atoms with Gasteiger partial charge in [0.25, 0.3) is 11.8 Å². The predicted molar refractivity (Wildman–Crippen MR) is 144 cm³/mol. The third-order valence-electron chi connectivity index (χ3n) is 7.17. The fourth-order valence-electron chi connectivity index (χ4n) is 5.09. The number of nitrogens with two attached hydrogens (primary N) is 1. The highest BCUT2D eigenvalue weighted by Gasteiger charge is 2.44. The van der Waals surface area contributed by atoms with Crippen LogP contribution in [-0.4, -0.2) is 53.8 Å². The molecule has 5 rings (SSSR count). The normalized spacial score (nSPS) is 19.4. The quantitative estimate of drug-likeness (QED) is 0.256. The Morgan fingerprint density at radius 3 is 2.58 bits per heavy atom. The van der Waals surface area contributed by atoms with Crippen molar-refractivity contribution in [3.05, 3.63) is 81.0 Å². The molecule has 208 valence electrons. The molecule has 1 aliphatic carbocycles. The van der Waals surface area contributed by atoms with E-state index in [-0.39, 0.29) is 41.1 Å². The Balaban J connectivity index is 1.23. The van der Waals surface area contributed by atoms with Crippen molar-refractivity contribution in [3.63, 3.8) is 0 Å². The van der Waals surface area contributed by atoms with E-state index < -0.39 is 48.4 Å². The summed E-state index contributed by atoms with van der Waals surface area (Å²) in [4.78, 5) is 40.6. The van der Waals surface area contributed by atoms with Crippen LogP contribution in [0.2, 0.25) is 0 Å². The van der Waals surface area contributed by atoms with E-state index in [1.807, 2.05) is 0 Å². The summed E-state index contributed by atoms with van der Waals surface area (Å²) in [6.07, 6.45) is -1.59. The number of nitrogens with one attached hydrogen (secondary N) is 3. The van der Waals surface area contributed by atoms with E-state index in [1.54, 1.807) is 30.5 Å². The molecule has 0 radical (unpaired) electrons. The fraction of sp³-hybridized carbons (Fsp3) is 0.286. The lowest BCUT2D eigenvalue weighted by Gasteiger charge is -2.25. The van der Waals surface area contributed by atoms with E-state index in [1.165, 1.54) is 41.7 Å². The topological polar surface area (TPSA) is 128 Å². The Hall–Kier alpha value is -4.19. The average molecular weight is 570 g/mol. The maximum Gasteiger partial charge on any atom is 0.299 e. The van der Waals surface area contributed by atoms with Crippen LogP contribution in [0.25, 0.3) is 11.1 Å². The molecule has 8 nitrogen and oxygen atoms in total. The van der Waals surface area contributed by atoms with Gasteiger partial charge >= 0.3 is 0 Å². The van der Waals surface area contributed by atoms with Crippen LogP contribution in [0, 0.1) is 5.41 Å². The number of alkyl halides is 3. The first kappa shape index (κ1) is 27.4. The van der Waals surface area contributed by atoms with Crippen molar-refractivity contribution in [2.24, 2.45) is 5.73 Å². The van der Waals surface area contributed by atoms with Crippen molar-refractivity contribution in [1.29, 1.82) is 5.41 Å². The molecule has 12 heteroatoms. The number of nitrogen functional groups attached to an aromatic ring is 1. The molecule has 5 N–H and O–H groups in total. The van der Waals surface area contributed by atoms with Crippen molar-refractivity contribution in [2.75, 3.05) is 13.1 Å². The van der Waals surface area contributed by atoms with Crippen LogP contribution < -0.4 is 16.4 Å². The number of rotatable bonds is 7. The van der Waals surface area contributed by atoms with E-state index in [0.29, 0.717) is 11.1 Å². The van der Waals surface area contributed by atoms with Crippen LogP contribution in [0.15, 0.2) is 53.9 Å². The molecule has 0 bridgehead atoms. The number of amides is 3. The van der Waals surface area contributed by atoms with Crippen LogP contribution in [-0.2, 0) is 15.5 Å². The lowest BCUT2D eigenvalue weighted by atomic mass is 10.0. The third kappa shape index (κ3) is 4.94. The minimum atomic E-state index is -3.18. The molecule has 2 unspecified atom stereocenters. The smallest absolute Gasteiger partial charge is 0.299 e. The first-order valence-corrected chi connectivity index (χ1v) is 13.4. The van der Waals surface area contributed by atoms with Gasteiger partial charge in [-0.1, -0.05) is 30.3 Å². The molecule has 1 aromatic heterocycles. The van der Waals surface area contributed by atoms with Crippen LogP contribution in [0.3, 0.4) is 0 Å². The Kier molecular flexibility index (Phi) is 7.13. The van der Waals surface area contributed by atoms with Gasteiger partial charge in [0, 0.05) is 38.9 Å². The molecule has 1 saturated heterocycles. The zero-order valence-electron chi connectivity index (χ0n) is 21.3. The number of thiophene rings is 1. The van der Waals surface area contributed by atoms with Crippen molar-refractivity contribution in [1.82, 2.24) is 15.5 Å². The van der Waals surface area contributed by atoms with Gasteiger partial charge in [-0.3, -0.25) is 19.8 Å². The number of likely N-dealkylation sites (tertiary alicyclic amines) is 1. The number of nitrogens with zero attached hydrogens (tertiary/aromatic N) is 1. The molecule has 40 heavy (non-hydrogen) atoms. The molecule has 0 spiro atoms. The van der Waals surface area contributed by atoms with Crippen molar-refractivity contribution in [2.45, 2.75) is 37.5 Å². The highest BCUT2D eigenvalue weighted by molar-refractivity contribution is 7.10. The summed E-state index contributed by atoms with van der Waals surface area (Å²) in [5.74, 6) is -5.12. The van der Waals surface area contributed by atoms with E-state index in [0.717, 1.165) is 9.78 Å². The Morgan fingerprint density at radius 1 is 1.12 bits per heavy atom. The lowest BCUT2D eigenvalue weighted by molar-refractivity contribution is -0.138. The largest absolute Gasteiger partial charge is 0.384 e. The van der Waals surface area contributed by atoms with Crippen molar-refractivity contribution >= 4 is 34.9 Å². The standard InChI is InChI=1S/C28H26F3N5O3S/c1-14(23-9-16(13-40-23)25(32)33)35-27(39)22-10-17(29)12-36(22)24(37)11-34-26(38)15-6-7-21-19(8-15)18-4-2-3-5-20(18)28(21,30)31/h2-9,13-14,17,22H,10-12H2,1H3,(H3,32,33)(H,34,38)(H,35,39)/t14-,17?,22?/m1/s1. The zero-order chi connectivity index (χ0) is 28.8. The number of hydrogen-bond acceptors (Lipinski definition) is 5. The first-order valence-electron chi connectivity index (χ1n) is 12.5. The summed E-state index contributed by atoms with van der Waals surface area (Å²) in [7, 11) is 0. The number of halogens is 3. The second-order valence-corrected chi connectivity index (χ2v) is 10.8. The summed E-state index contributed by atoms with van der Waals surface area (Å²) in [5, 5.41) is 14.4. The summed E-state index contributed by atoms with van der Waals surface area (Å²) in [6, 6.07) is 10.1. The van der Waals surface area contributed by atoms with E-state index in [9.17, 15) is 27.6 Å². The molecule has 1 aliphatic heterocycles. The highest BCUT2D eigenvalue weighted by atomic mass is 32.1. The molecule has 3 amide bonds. The van der Waals surface area contributed by atoms with Crippen molar-refractivity contribution < 1.29 is 27.6 Å². The number of fused-ring (bicyclic) bond motifs is 3. The SMILES string of the molecule is C[C@@H](NC(=O)C1CC(F)CN1C(=O)CNC(=O)c1ccc2c(c1)-c1ccccc1C2(F)F)c1cc(C(=N)N)cs1. The first-order chi connectivity index (χ1) is 19.0. The molecule has 0 saturated carbocycles. The van der Waals surface area contributed by atoms with Gasteiger partial charge in [-0.05, 0) is 36.2 Å². The average Bonchev–Trinajstić information content (AvgIpc) is 3.63. The maximum absolute atomic E-state index is 14.8. The number of hydrogen-bond donors (Lipinski definition) is 4. The van der Waals surface area contributed by atoms with Gasteiger partial charge in [0.15, 0.2) is 0 Å². The van der Waals surface area contributed by atoms with E-state index in [2.05, 4.69) is 10.6 Å². The number of carbonyl (C=O) groups is 3.